The molecule has 182 valence electrons. The average Bonchev–Trinajstić information content (AvgIpc) is 2.73. The van der Waals surface area contributed by atoms with Crippen LogP contribution in [-0.4, -0.2) is 69.5 Å². The van der Waals surface area contributed by atoms with Gasteiger partial charge in [0.1, 0.15) is 0 Å². The molecule has 13 heteroatoms. The van der Waals surface area contributed by atoms with Crippen molar-refractivity contribution in [3.8, 4) is 11.8 Å². The Labute approximate surface area is 192 Å². The molecular weight excluding hydrogens is 458 g/mol. The van der Waals surface area contributed by atoms with Crippen molar-refractivity contribution >= 4 is 29.6 Å². The maximum absolute atomic E-state index is 11.8. The topological polar surface area (TPSA) is 189 Å². The molecule has 1 saturated heterocycles. The van der Waals surface area contributed by atoms with E-state index in [4.69, 9.17) is 18.9 Å². The first-order valence-corrected chi connectivity index (χ1v) is 9.74. The van der Waals surface area contributed by atoms with E-state index in [0.29, 0.717) is 0 Å². The first-order chi connectivity index (χ1) is 15.9. The molecule has 34 heavy (non-hydrogen) atoms. The highest BCUT2D eigenvalue weighted by Crippen LogP contribution is 2.29. The van der Waals surface area contributed by atoms with Gasteiger partial charge in [-0.3, -0.25) is 24.5 Å². The van der Waals surface area contributed by atoms with E-state index in [-0.39, 0.29) is 16.8 Å². The maximum Gasteiger partial charge on any atom is 0.336 e. The van der Waals surface area contributed by atoms with E-state index >= 15 is 0 Å². The van der Waals surface area contributed by atoms with Gasteiger partial charge in [0, 0.05) is 38.5 Å². The van der Waals surface area contributed by atoms with Crippen LogP contribution in [0.5, 0.6) is 0 Å². The lowest BCUT2D eigenvalue weighted by molar-refractivity contribution is -0.384. The molecule has 2 N–H and O–H groups in total. The van der Waals surface area contributed by atoms with Crippen LogP contribution < -0.4 is 0 Å². The Kier molecular flexibility index (Phi) is 8.65. The highest BCUT2D eigenvalue weighted by molar-refractivity contribution is 5.75. The predicted molar refractivity (Wildman–Crippen MR) is 109 cm³/mol. The number of nitro groups is 1. The number of carboxylic acid groups (broad SMARTS) is 1. The van der Waals surface area contributed by atoms with E-state index in [0.717, 1.165) is 32.9 Å². The molecule has 1 fully saturated rings. The van der Waals surface area contributed by atoms with E-state index in [9.17, 15) is 39.5 Å². The third-order valence-corrected chi connectivity index (χ3v) is 4.51. The quantitative estimate of drug-likeness (QED) is 0.184. The van der Waals surface area contributed by atoms with E-state index < -0.39 is 65.9 Å². The Bertz CT molecular complexity index is 1060. The Morgan fingerprint density at radius 1 is 1.03 bits per heavy atom. The minimum Gasteiger partial charge on any atom is -0.479 e. The molecular formula is C21H21NO12. The average molecular weight is 479 g/mol. The van der Waals surface area contributed by atoms with Gasteiger partial charge in [-0.25, -0.2) is 4.79 Å². The number of aliphatic hydroxyl groups excluding tert-OH is 1. The smallest absolute Gasteiger partial charge is 0.336 e. The first kappa shape index (κ1) is 26.2. The second-order valence-electron chi connectivity index (χ2n) is 7.06. The number of hydrogen-bond acceptors (Lipinski definition) is 11. The molecule has 1 heterocycles. The fraction of sp³-hybridized carbons (Fsp3) is 0.429. The van der Waals surface area contributed by atoms with Crippen molar-refractivity contribution in [3.63, 3.8) is 0 Å². The van der Waals surface area contributed by atoms with Crippen LogP contribution in [0.15, 0.2) is 18.2 Å². The predicted octanol–water partition coefficient (Wildman–Crippen LogP) is 0.0857. The van der Waals surface area contributed by atoms with Crippen LogP contribution in [0.2, 0.25) is 0 Å². The van der Waals surface area contributed by atoms with Crippen molar-refractivity contribution in [1.82, 2.24) is 0 Å². The maximum atomic E-state index is 11.8. The van der Waals surface area contributed by atoms with Gasteiger partial charge in [-0.05, 0) is 11.6 Å². The number of esters is 3. The molecule has 1 aliphatic heterocycles. The van der Waals surface area contributed by atoms with E-state index in [2.05, 4.69) is 11.8 Å². The summed E-state index contributed by atoms with van der Waals surface area (Å²) in [5, 5.41) is 30.2. The number of aliphatic hydroxyl groups is 1. The van der Waals surface area contributed by atoms with Crippen LogP contribution in [0.25, 0.3) is 0 Å². The molecule has 13 nitrogen and oxygen atoms in total. The zero-order chi connectivity index (χ0) is 25.6. The van der Waals surface area contributed by atoms with Crippen LogP contribution >= 0.6 is 0 Å². The van der Waals surface area contributed by atoms with Crippen molar-refractivity contribution in [2.45, 2.75) is 57.9 Å². The van der Waals surface area contributed by atoms with Crippen molar-refractivity contribution < 1.29 is 53.3 Å². The monoisotopic (exact) mass is 479 g/mol. The summed E-state index contributed by atoms with van der Waals surface area (Å²) in [6.07, 6.45) is -8.17. The normalized spacial score (nSPS) is 23.6. The van der Waals surface area contributed by atoms with Gasteiger partial charge < -0.3 is 29.2 Å². The molecule has 1 aromatic rings. The number of nitro benzene ring substituents is 1. The fourth-order valence-electron chi connectivity index (χ4n) is 3.21. The number of benzene rings is 1. The highest BCUT2D eigenvalue weighted by Gasteiger charge is 2.54. The Morgan fingerprint density at radius 3 is 2.09 bits per heavy atom. The Balaban J connectivity index is 2.60. The summed E-state index contributed by atoms with van der Waals surface area (Å²) in [5.74, 6) is 0.825. The van der Waals surface area contributed by atoms with Gasteiger partial charge >= 0.3 is 23.9 Å². The number of ether oxygens (including phenoxy) is 4. The van der Waals surface area contributed by atoms with E-state index in [1.54, 1.807) is 0 Å². The molecule has 2 rings (SSSR count). The number of carboxylic acids is 1. The summed E-state index contributed by atoms with van der Waals surface area (Å²) in [6, 6.07) is 3.53. The molecule has 0 radical (unpaired) electrons. The van der Waals surface area contributed by atoms with Crippen LogP contribution in [0.1, 0.15) is 31.9 Å². The molecule has 5 atom stereocenters. The lowest BCUT2D eigenvalue weighted by Crippen LogP contribution is -2.62. The van der Waals surface area contributed by atoms with Gasteiger partial charge in [0.25, 0.3) is 5.69 Å². The summed E-state index contributed by atoms with van der Waals surface area (Å²) < 4.78 is 20.8. The standard InChI is InChI=1S/C21H21NO12/c1-10(24)31-17-16(7-5-13-8-15(22(29)30)6-4-14(13)9-23)34-20(21(27)28)19(33-12(3)26)18(17)32-11(2)25/h4,6,8,16-20,23H,9H2,1-3H3,(H,27,28)/t16-,17-,18+,19-,20-/m0/s1. The lowest BCUT2D eigenvalue weighted by atomic mass is 9.93. The highest BCUT2D eigenvalue weighted by atomic mass is 16.7. The molecule has 1 aromatic carbocycles. The van der Waals surface area contributed by atoms with Gasteiger partial charge in [-0.1, -0.05) is 11.8 Å². The van der Waals surface area contributed by atoms with Gasteiger partial charge in [-0.15, -0.1) is 0 Å². The van der Waals surface area contributed by atoms with Crippen LogP contribution in [0, 0.1) is 22.0 Å². The second-order valence-corrected chi connectivity index (χ2v) is 7.06. The van der Waals surface area contributed by atoms with Crippen molar-refractivity contribution in [2.24, 2.45) is 0 Å². The van der Waals surface area contributed by atoms with Crippen LogP contribution in [-0.2, 0) is 44.7 Å². The lowest BCUT2D eigenvalue weighted by Gasteiger charge is -2.41. The second kappa shape index (κ2) is 11.2. The number of nitrogens with zero attached hydrogens (tertiary/aromatic N) is 1. The summed E-state index contributed by atoms with van der Waals surface area (Å²) >= 11 is 0. The number of carbonyl (C=O) groups is 4. The molecule has 0 spiro atoms. The molecule has 0 bridgehead atoms. The first-order valence-electron chi connectivity index (χ1n) is 9.74. The van der Waals surface area contributed by atoms with Gasteiger partial charge in [0.2, 0.25) is 0 Å². The largest absolute Gasteiger partial charge is 0.479 e. The van der Waals surface area contributed by atoms with Gasteiger partial charge in [0.15, 0.2) is 30.5 Å². The molecule has 0 amide bonds. The molecule has 1 aliphatic rings. The zero-order valence-electron chi connectivity index (χ0n) is 18.3. The van der Waals surface area contributed by atoms with Crippen molar-refractivity contribution in [2.75, 3.05) is 0 Å². The number of aliphatic carboxylic acids is 1. The minimum atomic E-state index is -1.86. The van der Waals surface area contributed by atoms with E-state index in [1.165, 1.54) is 6.07 Å². The van der Waals surface area contributed by atoms with Crippen molar-refractivity contribution in [3.05, 3.63) is 39.4 Å². The summed E-state index contributed by atoms with van der Waals surface area (Å²) in [5.41, 5.74) is -0.0688. The summed E-state index contributed by atoms with van der Waals surface area (Å²) in [6.45, 7) is 2.53. The number of non-ortho nitro benzene ring substituents is 1. The molecule has 0 unspecified atom stereocenters. The zero-order valence-corrected chi connectivity index (χ0v) is 18.3. The molecule has 0 aromatic heterocycles. The van der Waals surface area contributed by atoms with Gasteiger partial charge in [-0.2, -0.15) is 0 Å². The summed E-state index contributed by atoms with van der Waals surface area (Å²) in [7, 11) is 0. The Morgan fingerprint density at radius 2 is 1.59 bits per heavy atom. The molecule has 0 aliphatic carbocycles. The Hall–Kier alpha value is -4.02. The van der Waals surface area contributed by atoms with Crippen LogP contribution in [0.4, 0.5) is 5.69 Å². The molecule has 0 saturated carbocycles. The third-order valence-electron chi connectivity index (χ3n) is 4.51. The van der Waals surface area contributed by atoms with E-state index in [1.807, 2.05) is 0 Å². The summed E-state index contributed by atoms with van der Waals surface area (Å²) in [4.78, 5) is 57.2. The van der Waals surface area contributed by atoms with Crippen LogP contribution in [0.3, 0.4) is 0 Å². The number of hydrogen-bond donors (Lipinski definition) is 2. The SMILES string of the molecule is CC(=O)O[C@@H]1[C@@H](OC(C)=O)[C@H](C#Cc2cc([N+](=O)[O-])ccc2CO)O[C@H](C(=O)O)[C@H]1OC(C)=O. The third kappa shape index (κ3) is 6.50. The fourth-order valence-corrected chi connectivity index (χ4v) is 3.21. The van der Waals surface area contributed by atoms with Crippen molar-refractivity contribution in [1.29, 1.82) is 0 Å². The minimum absolute atomic E-state index is 0.0277. The van der Waals surface area contributed by atoms with Gasteiger partial charge in [0.05, 0.1) is 11.5 Å². The number of carbonyl (C=O) groups excluding carboxylic acids is 3. The number of rotatable bonds is 6.